The van der Waals surface area contributed by atoms with Gasteiger partial charge in [0.15, 0.2) is 0 Å². The zero-order chi connectivity index (χ0) is 15.1. The van der Waals surface area contributed by atoms with Crippen molar-refractivity contribution in [2.24, 2.45) is 5.92 Å². The SMILES string of the molecule is CC(CCC(=O)O)CNC(=O)Nc1c(F)cccc1Br. The third-order valence-electron chi connectivity index (χ3n) is 2.66. The third kappa shape index (κ3) is 5.56. The number of urea groups is 1. The molecule has 3 N–H and O–H groups in total. The number of para-hydroxylation sites is 1. The lowest BCUT2D eigenvalue weighted by molar-refractivity contribution is -0.137. The number of rotatable bonds is 6. The van der Waals surface area contributed by atoms with Crippen LogP contribution in [-0.2, 0) is 4.79 Å². The van der Waals surface area contributed by atoms with Crippen molar-refractivity contribution >= 4 is 33.6 Å². The molecular weight excluding hydrogens is 331 g/mol. The van der Waals surface area contributed by atoms with Crippen molar-refractivity contribution in [2.45, 2.75) is 19.8 Å². The van der Waals surface area contributed by atoms with E-state index in [1.54, 1.807) is 6.07 Å². The molecule has 0 aliphatic rings. The van der Waals surface area contributed by atoms with E-state index in [0.717, 1.165) is 0 Å². The highest BCUT2D eigenvalue weighted by molar-refractivity contribution is 9.10. The minimum absolute atomic E-state index is 0.0286. The van der Waals surface area contributed by atoms with E-state index in [-0.39, 0.29) is 18.0 Å². The average Bonchev–Trinajstić information content (AvgIpc) is 2.38. The first-order valence-corrected chi connectivity index (χ1v) is 6.90. The molecule has 0 fully saturated rings. The number of carbonyl (C=O) groups is 2. The van der Waals surface area contributed by atoms with E-state index in [4.69, 9.17) is 5.11 Å². The van der Waals surface area contributed by atoms with E-state index in [1.807, 2.05) is 6.92 Å². The van der Waals surface area contributed by atoms with Gasteiger partial charge in [-0.1, -0.05) is 13.0 Å². The predicted molar refractivity (Wildman–Crippen MR) is 77.2 cm³/mol. The number of hydrogen-bond donors (Lipinski definition) is 3. The minimum Gasteiger partial charge on any atom is -0.481 e. The lowest BCUT2D eigenvalue weighted by Crippen LogP contribution is -2.32. The predicted octanol–water partition coefficient (Wildman–Crippen LogP) is 3.21. The molecule has 0 saturated carbocycles. The van der Waals surface area contributed by atoms with Gasteiger partial charge in [0.2, 0.25) is 0 Å². The van der Waals surface area contributed by atoms with Crippen LogP contribution < -0.4 is 10.6 Å². The molecule has 0 bridgehead atoms. The van der Waals surface area contributed by atoms with E-state index in [2.05, 4.69) is 26.6 Å². The van der Waals surface area contributed by atoms with Gasteiger partial charge in [-0.3, -0.25) is 4.79 Å². The molecular formula is C13H16BrFN2O3. The van der Waals surface area contributed by atoms with Crippen LogP contribution >= 0.6 is 15.9 Å². The van der Waals surface area contributed by atoms with Crippen LogP contribution in [0.5, 0.6) is 0 Å². The van der Waals surface area contributed by atoms with Crippen LogP contribution in [0, 0.1) is 11.7 Å². The van der Waals surface area contributed by atoms with Crippen LogP contribution in [-0.4, -0.2) is 23.7 Å². The van der Waals surface area contributed by atoms with Gasteiger partial charge in [-0.15, -0.1) is 0 Å². The number of anilines is 1. The van der Waals surface area contributed by atoms with Crippen LogP contribution in [0.25, 0.3) is 0 Å². The van der Waals surface area contributed by atoms with Crippen LogP contribution in [0.3, 0.4) is 0 Å². The van der Waals surface area contributed by atoms with Crippen molar-refractivity contribution in [3.05, 3.63) is 28.5 Å². The van der Waals surface area contributed by atoms with Gasteiger partial charge in [-0.05, 0) is 40.4 Å². The number of carboxylic acids is 1. The molecule has 1 rings (SSSR count). The van der Waals surface area contributed by atoms with E-state index in [0.29, 0.717) is 17.4 Å². The van der Waals surface area contributed by atoms with E-state index in [1.165, 1.54) is 12.1 Å². The van der Waals surface area contributed by atoms with Crippen molar-refractivity contribution in [2.75, 3.05) is 11.9 Å². The fraction of sp³-hybridized carbons (Fsp3) is 0.385. The van der Waals surface area contributed by atoms with Crippen molar-refractivity contribution in [3.63, 3.8) is 0 Å². The molecule has 2 amide bonds. The summed E-state index contributed by atoms with van der Waals surface area (Å²) >= 11 is 3.15. The molecule has 110 valence electrons. The standard InChI is InChI=1S/C13H16BrFN2O3/c1-8(5-6-11(18)19)7-16-13(20)17-12-9(14)3-2-4-10(12)15/h2-4,8H,5-7H2,1H3,(H,18,19)(H2,16,17,20). The summed E-state index contributed by atoms with van der Waals surface area (Å²) in [5.41, 5.74) is 0.0724. The van der Waals surface area contributed by atoms with E-state index < -0.39 is 17.8 Å². The summed E-state index contributed by atoms with van der Waals surface area (Å²) in [6.45, 7) is 2.16. The Morgan fingerprint density at radius 2 is 2.15 bits per heavy atom. The number of halogens is 2. The first kappa shape index (κ1) is 16.4. The monoisotopic (exact) mass is 346 g/mol. The van der Waals surface area contributed by atoms with Gasteiger partial charge in [0, 0.05) is 17.4 Å². The Bertz CT molecular complexity index is 476. The molecule has 0 aliphatic heterocycles. The summed E-state index contributed by atoms with van der Waals surface area (Å²) in [5.74, 6) is -1.37. The van der Waals surface area contributed by atoms with Gasteiger partial charge in [0.1, 0.15) is 5.82 Å². The highest BCUT2D eigenvalue weighted by atomic mass is 79.9. The quantitative estimate of drug-likeness (QED) is 0.739. The molecule has 0 radical (unpaired) electrons. The highest BCUT2D eigenvalue weighted by Gasteiger charge is 2.11. The first-order chi connectivity index (χ1) is 9.40. The van der Waals surface area contributed by atoms with Crippen molar-refractivity contribution in [3.8, 4) is 0 Å². The van der Waals surface area contributed by atoms with Crippen molar-refractivity contribution < 1.29 is 19.1 Å². The van der Waals surface area contributed by atoms with Crippen LogP contribution in [0.4, 0.5) is 14.9 Å². The molecule has 5 nitrogen and oxygen atoms in total. The molecule has 0 spiro atoms. The number of benzene rings is 1. The fourth-order valence-corrected chi connectivity index (χ4v) is 1.95. The molecule has 20 heavy (non-hydrogen) atoms. The molecule has 0 saturated heterocycles. The molecule has 1 unspecified atom stereocenters. The van der Waals surface area contributed by atoms with Crippen LogP contribution in [0.2, 0.25) is 0 Å². The molecule has 1 atom stereocenters. The Balaban J connectivity index is 2.42. The molecule has 1 aromatic rings. The minimum atomic E-state index is -0.864. The van der Waals surface area contributed by atoms with E-state index in [9.17, 15) is 14.0 Å². The lowest BCUT2D eigenvalue weighted by Gasteiger charge is -2.13. The number of carbonyl (C=O) groups excluding carboxylic acids is 1. The number of nitrogens with one attached hydrogen (secondary N) is 2. The smallest absolute Gasteiger partial charge is 0.319 e. The Hall–Kier alpha value is -1.63. The van der Waals surface area contributed by atoms with Gasteiger partial charge >= 0.3 is 12.0 Å². The number of hydrogen-bond acceptors (Lipinski definition) is 2. The number of carboxylic acid groups (broad SMARTS) is 1. The third-order valence-corrected chi connectivity index (χ3v) is 3.32. The Kier molecular flexibility index (Phi) is 6.44. The zero-order valence-electron chi connectivity index (χ0n) is 11.0. The van der Waals surface area contributed by atoms with Crippen molar-refractivity contribution in [1.82, 2.24) is 5.32 Å². The van der Waals surface area contributed by atoms with Crippen molar-refractivity contribution in [1.29, 1.82) is 0 Å². The number of amides is 2. The molecule has 0 aliphatic carbocycles. The highest BCUT2D eigenvalue weighted by Crippen LogP contribution is 2.24. The Morgan fingerprint density at radius 3 is 2.75 bits per heavy atom. The zero-order valence-corrected chi connectivity index (χ0v) is 12.5. The Labute approximate surface area is 124 Å². The second kappa shape index (κ2) is 7.84. The van der Waals surface area contributed by atoms with E-state index >= 15 is 0 Å². The maximum Gasteiger partial charge on any atom is 0.319 e. The maximum atomic E-state index is 13.5. The fourth-order valence-electron chi connectivity index (χ4n) is 1.51. The summed E-state index contributed by atoms with van der Waals surface area (Å²) in [6.07, 6.45) is 0.530. The van der Waals surface area contributed by atoms with Gasteiger partial charge < -0.3 is 15.7 Å². The summed E-state index contributed by atoms with van der Waals surface area (Å²) in [7, 11) is 0. The molecule has 1 aromatic carbocycles. The largest absolute Gasteiger partial charge is 0.481 e. The van der Waals surface area contributed by atoms with Gasteiger partial charge in [0.25, 0.3) is 0 Å². The maximum absolute atomic E-state index is 13.5. The second-order valence-electron chi connectivity index (χ2n) is 4.47. The summed E-state index contributed by atoms with van der Waals surface area (Å²) < 4.78 is 13.9. The second-order valence-corrected chi connectivity index (χ2v) is 5.32. The molecule has 0 aromatic heterocycles. The number of aliphatic carboxylic acids is 1. The topological polar surface area (TPSA) is 78.4 Å². The average molecular weight is 347 g/mol. The van der Waals surface area contributed by atoms with Gasteiger partial charge in [0.05, 0.1) is 5.69 Å². The Morgan fingerprint density at radius 1 is 1.45 bits per heavy atom. The first-order valence-electron chi connectivity index (χ1n) is 6.10. The lowest BCUT2D eigenvalue weighted by atomic mass is 10.1. The van der Waals surface area contributed by atoms with Crippen LogP contribution in [0.1, 0.15) is 19.8 Å². The molecule has 7 heteroatoms. The van der Waals surface area contributed by atoms with Gasteiger partial charge in [-0.2, -0.15) is 0 Å². The molecule has 0 heterocycles. The summed E-state index contributed by atoms with van der Waals surface area (Å²) in [6, 6.07) is 3.86. The normalized spacial score (nSPS) is 11.8. The van der Waals surface area contributed by atoms with Gasteiger partial charge in [-0.25, -0.2) is 9.18 Å². The summed E-state index contributed by atoms with van der Waals surface area (Å²) in [4.78, 5) is 22.0. The summed E-state index contributed by atoms with van der Waals surface area (Å²) in [5, 5.41) is 13.5. The van der Waals surface area contributed by atoms with Crippen LogP contribution in [0.15, 0.2) is 22.7 Å².